The van der Waals surface area contributed by atoms with Crippen LogP contribution in [0.1, 0.15) is 38.4 Å². The fourth-order valence-electron chi connectivity index (χ4n) is 2.85. The second-order valence-electron chi connectivity index (χ2n) is 5.74. The second kappa shape index (κ2) is 7.37. The van der Waals surface area contributed by atoms with Gasteiger partial charge in [-0.15, -0.1) is 11.3 Å². The zero-order valence-electron chi connectivity index (χ0n) is 13.4. The monoisotopic (exact) mass is 334 g/mol. The van der Waals surface area contributed by atoms with E-state index in [1.54, 1.807) is 35.6 Å². The molecule has 0 aliphatic rings. The van der Waals surface area contributed by atoms with Crippen LogP contribution in [-0.4, -0.2) is 11.6 Å². The lowest BCUT2D eigenvalue weighted by molar-refractivity contribution is 0.0788. The summed E-state index contributed by atoms with van der Waals surface area (Å²) in [7, 11) is 0. The minimum absolute atomic E-state index is 0.120. The molecule has 0 bridgehead atoms. The van der Waals surface area contributed by atoms with Gasteiger partial charge in [-0.05, 0) is 11.4 Å². The van der Waals surface area contributed by atoms with E-state index in [0.29, 0.717) is 11.1 Å². The molecule has 0 N–H and O–H groups in total. The summed E-state index contributed by atoms with van der Waals surface area (Å²) in [6.45, 7) is 1.96. The number of rotatable bonds is 6. The standard InChI is InChI=1S/C21H18O2S/c1-15(18-13-8-14-24-18)19(20(22)16-9-4-2-5-10-16)21(23)17-11-6-3-7-12-17/h2-15,19H,1H3. The van der Waals surface area contributed by atoms with E-state index in [4.69, 9.17) is 0 Å². The summed E-state index contributed by atoms with van der Waals surface area (Å²) in [6.07, 6.45) is 0. The maximum atomic E-state index is 13.1. The average molecular weight is 334 g/mol. The third-order valence-corrected chi connectivity index (χ3v) is 5.25. The lowest BCUT2D eigenvalue weighted by Crippen LogP contribution is -2.29. The van der Waals surface area contributed by atoms with Crippen LogP contribution in [0.4, 0.5) is 0 Å². The smallest absolute Gasteiger partial charge is 0.174 e. The Hall–Kier alpha value is -2.52. The van der Waals surface area contributed by atoms with Gasteiger partial charge < -0.3 is 0 Å². The number of Topliss-reactive ketones (excluding diaryl/α,β-unsaturated/α-hetero) is 2. The maximum Gasteiger partial charge on any atom is 0.174 e. The molecule has 0 aliphatic carbocycles. The van der Waals surface area contributed by atoms with Gasteiger partial charge in [0.05, 0.1) is 5.92 Å². The molecule has 0 aliphatic heterocycles. The fraction of sp³-hybridized carbons (Fsp3) is 0.143. The molecule has 0 saturated carbocycles. The van der Waals surface area contributed by atoms with E-state index in [1.165, 1.54) is 0 Å². The Labute approximate surface area is 145 Å². The van der Waals surface area contributed by atoms with E-state index in [-0.39, 0.29) is 17.5 Å². The van der Waals surface area contributed by atoms with Gasteiger partial charge in [0.2, 0.25) is 0 Å². The van der Waals surface area contributed by atoms with Crippen molar-refractivity contribution in [1.29, 1.82) is 0 Å². The van der Waals surface area contributed by atoms with E-state index >= 15 is 0 Å². The highest BCUT2D eigenvalue weighted by Crippen LogP contribution is 2.32. The number of hydrogen-bond acceptors (Lipinski definition) is 3. The van der Waals surface area contributed by atoms with Gasteiger partial charge in [-0.1, -0.05) is 73.7 Å². The van der Waals surface area contributed by atoms with Gasteiger partial charge in [0.1, 0.15) is 0 Å². The van der Waals surface area contributed by atoms with Gasteiger partial charge in [-0.3, -0.25) is 9.59 Å². The molecule has 0 radical (unpaired) electrons. The highest BCUT2D eigenvalue weighted by atomic mass is 32.1. The van der Waals surface area contributed by atoms with Gasteiger partial charge in [-0.25, -0.2) is 0 Å². The normalized spacial score (nSPS) is 12.1. The fourth-order valence-corrected chi connectivity index (χ4v) is 3.67. The van der Waals surface area contributed by atoms with E-state index in [2.05, 4.69) is 0 Å². The van der Waals surface area contributed by atoms with Gasteiger partial charge in [0.25, 0.3) is 0 Å². The molecular formula is C21H18O2S. The highest BCUT2D eigenvalue weighted by molar-refractivity contribution is 7.10. The first-order valence-corrected chi connectivity index (χ1v) is 8.78. The van der Waals surface area contributed by atoms with Crippen molar-refractivity contribution in [3.05, 3.63) is 94.2 Å². The van der Waals surface area contributed by atoms with Crippen LogP contribution in [0, 0.1) is 5.92 Å². The molecule has 24 heavy (non-hydrogen) atoms. The molecule has 1 heterocycles. The summed E-state index contributed by atoms with van der Waals surface area (Å²) >= 11 is 1.58. The molecule has 0 fully saturated rings. The van der Waals surface area contributed by atoms with Crippen molar-refractivity contribution in [2.75, 3.05) is 0 Å². The van der Waals surface area contributed by atoms with Crippen molar-refractivity contribution in [3.8, 4) is 0 Å². The van der Waals surface area contributed by atoms with E-state index in [0.717, 1.165) is 4.88 Å². The molecule has 0 saturated heterocycles. The SMILES string of the molecule is CC(c1cccs1)C(C(=O)c1ccccc1)C(=O)c1ccccc1. The summed E-state index contributed by atoms with van der Waals surface area (Å²) in [4.78, 5) is 27.2. The van der Waals surface area contributed by atoms with E-state index < -0.39 is 5.92 Å². The average Bonchev–Trinajstić information content (AvgIpc) is 3.18. The van der Waals surface area contributed by atoms with Gasteiger partial charge in [-0.2, -0.15) is 0 Å². The van der Waals surface area contributed by atoms with Crippen molar-refractivity contribution >= 4 is 22.9 Å². The molecule has 3 aromatic rings. The number of benzene rings is 2. The number of carbonyl (C=O) groups is 2. The van der Waals surface area contributed by atoms with Crippen LogP contribution in [0.5, 0.6) is 0 Å². The minimum atomic E-state index is -0.714. The van der Waals surface area contributed by atoms with Crippen molar-refractivity contribution in [2.45, 2.75) is 12.8 Å². The first kappa shape index (κ1) is 16.3. The quantitative estimate of drug-likeness (QED) is 0.457. The van der Waals surface area contributed by atoms with Crippen LogP contribution in [0.15, 0.2) is 78.2 Å². The second-order valence-corrected chi connectivity index (χ2v) is 6.72. The Morgan fingerprint density at radius 3 is 1.67 bits per heavy atom. The Kier molecular flexibility index (Phi) is 5.02. The Bertz CT molecular complexity index is 756. The Balaban J connectivity index is 2.01. The number of carbonyl (C=O) groups excluding carboxylic acids is 2. The molecule has 2 aromatic carbocycles. The van der Waals surface area contributed by atoms with Crippen molar-refractivity contribution in [2.24, 2.45) is 5.92 Å². The summed E-state index contributed by atoms with van der Waals surface area (Å²) in [6, 6.07) is 22.1. The lowest BCUT2D eigenvalue weighted by Gasteiger charge is -2.21. The third-order valence-electron chi connectivity index (χ3n) is 4.17. The number of thiophene rings is 1. The third kappa shape index (κ3) is 3.36. The molecule has 0 spiro atoms. The summed E-state index contributed by atoms with van der Waals surface area (Å²) in [5.74, 6) is -1.12. The molecule has 1 aromatic heterocycles. The van der Waals surface area contributed by atoms with Crippen LogP contribution in [0.3, 0.4) is 0 Å². The molecular weight excluding hydrogens is 316 g/mol. The molecule has 3 heteroatoms. The van der Waals surface area contributed by atoms with Crippen LogP contribution in [0.25, 0.3) is 0 Å². The topological polar surface area (TPSA) is 34.1 Å². The van der Waals surface area contributed by atoms with Crippen LogP contribution < -0.4 is 0 Å². The zero-order chi connectivity index (χ0) is 16.9. The van der Waals surface area contributed by atoms with Gasteiger partial charge in [0, 0.05) is 21.9 Å². The molecule has 3 rings (SSSR count). The summed E-state index contributed by atoms with van der Waals surface area (Å²) in [5.41, 5.74) is 1.16. The first-order chi connectivity index (χ1) is 11.7. The molecule has 1 atom stereocenters. The van der Waals surface area contributed by atoms with Crippen molar-refractivity contribution < 1.29 is 9.59 Å². The van der Waals surface area contributed by atoms with Gasteiger partial charge in [0.15, 0.2) is 11.6 Å². The van der Waals surface area contributed by atoms with E-state index in [1.807, 2.05) is 60.8 Å². The maximum absolute atomic E-state index is 13.1. The predicted molar refractivity (Wildman–Crippen MR) is 97.8 cm³/mol. The summed E-state index contributed by atoms with van der Waals surface area (Å²) < 4.78 is 0. The van der Waals surface area contributed by atoms with Crippen LogP contribution in [0.2, 0.25) is 0 Å². The zero-order valence-corrected chi connectivity index (χ0v) is 14.2. The Morgan fingerprint density at radius 1 is 0.750 bits per heavy atom. The molecule has 120 valence electrons. The Morgan fingerprint density at radius 2 is 1.25 bits per heavy atom. The number of ketones is 2. The predicted octanol–water partition coefficient (Wildman–Crippen LogP) is 5.23. The van der Waals surface area contributed by atoms with Crippen LogP contribution >= 0.6 is 11.3 Å². The van der Waals surface area contributed by atoms with Gasteiger partial charge >= 0.3 is 0 Å². The lowest BCUT2D eigenvalue weighted by atomic mass is 9.80. The van der Waals surface area contributed by atoms with Crippen molar-refractivity contribution in [3.63, 3.8) is 0 Å². The van der Waals surface area contributed by atoms with Crippen molar-refractivity contribution in [1.82, 2.24) is 0 Å². The van der Waals surface area contributed by atoms with E-state index in [9.17, 15) is 9.59 Å². The highest BCUT2D eigenvalue weighted by Gasteiger charge is 2.34. The van der Waals surface area contributed by atoms with Crippen LogP contribution in [-0.2, 0) is 0 Å². The molecule has 1 unspecified atom stereocenters. The first-order valence-electron chi connectivity index (χ1n) is 7.90. The molecule has 0 amide bonds. The molecule has 2 nitrogen and oxygen atoms in total. The number of hydrogen-bond donors (Lipinski definition) is 0. The minimum Gasteiger partial charge on any atom is -0.293 e. The largest absolute Gasteiger partial charge is 0.293 e. The summed E-state index contributed by atoms with van der Waals surface area (Å²) in [5, 5.41) is 1.98.